The number of urea groups is 2. The van der Waals surface area contributed by atoms with Gasteiger partial charge in [-0.15, -0.1) is 11.3 Å². The molecule has 0 radical (unpaired) electrons. The number of carbonyl (C=O) groups excluding carboxylic acids is 5. The molecule has 0 aliphatic carbocycles. The molecule has 13 heteroatoms. The first-order valence-electron chi connectivity index (χ1n) is 13.5. The van der Waals surface area contributed by atoms with E-state index in [-0.39, 0.29) is 30.2 Å². The van der Waals surface area contributed by atoms with Crippen LogP contribution in [0.5, 0.6) is 11.5 Å². The molecular weight excluding hydrogens is 590 g/mol. The lowest BCUT2D eigenvalue weighted by Crippen LogP contribution is -2.51. The predicted molar refractivity (Wildman–Crippen MR) is 165 cm³/mol. The number of carbonyl (C=O) groups is 5. The number of nitrogens with one attached hydrogen (secondary N) is 2. The van der Waals surface area contributed by atoms with Crippen molar-refractivity contribution in [2.75, 3.05) is 45.4 Å². The Morgan fingerprint density at radius 2 is 1.45 bits per heavy atom. The number of thiophene rings is 1. The van der Waals surface area contributed by atoms with Crippen LogP contribution in [0.1, 0.15) is 29.8 Å². The molecule has 0 bridgehead atoms. The molecule has 12 nitrogen and oxygen atoms in total. The van der Waals surface area contributed by atoms with Gasteiger partial charge in [0.15, 0.2) is 17.3 Å². The number of ether oxygens (including phenoxy) is 4. The van der Waals surface area contributed by atoms with E-state index in [1.807, 2.05) is 23.6 Å². The van der Waals surface area contributed by atoms with Crippen molar-refractivity contribution in [3.63, 3.8) is 0 Å². The van der Waals surface area contributed by atoms with E-state index < -0.39 is 37.1 Å². The molecular formula is C31H33N3O9S. The number of esters is 2. The molecule has 232 valence electrons. The highest BCUT2D eigenvalue weighted by Crippen LogP contribution is 2.41. The average molecular weight is 624 g/mol. The van der Waals surface area contributed by atoms with E-state index in [9.17, 15) is 24.0 Å². The molecule has 0 spiro atoms. The van der Waals surface area contributed by atoms with Gasteiger partial charge in [0.2, 0.25) is 0 Å². The molecule has 0 fully saturated rings. The maximum Gasteiger partial charge on any atom is 0.330 e. The van der Waals surface area contributed by atoms with Crippen molar-refractivity contribution < 1.29 is 42.9 Å². The van der Waals surface area contributed by atoms with Crippen molar-refractivity contribution in [2.24, 2.45) is 0 Å². The quantitative estimate of drug-likeness (QED) is 0.157. The normalized spacial score (nSPS) is 10.5. The summed E-state index contributed by atoms with van der Waals surface area (Å²) in [5.41, 5.74) is 1.89. The molecule has 0 saturated carbocycles. The third-order valence-corrected chi connectivity index (χ3v) is 6.81. The zero-order chi connectivity index (χ0) is 32.1. The first kappa shape index (κ1) is 33.3. The van der Waals surface area contributed by atoms with E-state index in [0.717, 1.165) is 10.4 Å². The largest absolute Gasteiger partial charge is 0.493 e. The Bertz CT molecular complexity index is 1470. The molecule has 1 aromatic heterocycles. The summed E-state index contributed by atoms with van der Waals surface area (Å²) in [5, 5.41) is 6.56. The van der Waals surface area contributed by atoms with Crippen LogP contribution in [-0.2, 0) is 19.1 Å². The Balaban J connectivity index is 1.82. The molecule has 0 atom stereocenters. The summed E-state index contributed by atoms with van der Waals surface area (Å²) in [7, 11) is 3.10. The summed E-state index contributed by atoms with van der Waals surface area (Å²) in [6.07, 6.45) is 3.04. The second-order valence-corrected chi connectivity index (χ2v) is 9.74. The SMILES string of the molecule is CCOC(=O)CNC(=O)N(C(=O)NCC(=O)OCC)c1ccc(C(=O)/C=C/c2cc(OC)c(OC)c(-c3cccs3)c2)cc1. The molecule has 1 heterocycles. The zero-order valence-electron chi connectivity index (χ0n) is 24.7. The van der Waals surface area contributed by atoms with Crippen molar-refractivity contribution >= 4 is 52.9 Å². The van der Waals surface area contributed by atoms with Crippen molar-refractivity contribution in [1.82, 2.24) is 10.6 Å². The van der Waals surface area contributed by atoms with Gasteiger partial charge in [-0.1, -0.05) is 12.1 Å². The summed E-state index contributed by atoms with van der Waals surface area (Å²) in [5.74, 6) is -0.641. The summed E-state index contributed by atoms with van der Waals surface area (Å²) in [6.45, 7) is 2.49. The van der Waals surface area contributed by atoms with Gasteiger partial charge in [-0.05, 0) is 73.3 Å². The first-order valence-corrected chi connectivity index (χ1v) is 14.4. The summed E-state index contributed by atoms with van der Waals surface area (Å²) in [6, 6.07) is 11.3. The van der Waals surface area contributed by atoms with Gasteiger partial charge in [0.05, 0.1) is 33.1 Å². The highest BCUT2D eigenvalue weighted by Gasteiger charge is 2.25. The minimum atomic E-state index is -0.951. The fourth-order valence-electron chi connectivity index (χ4n) is 3.94. The monoisotopic (exact) mass is 623 g/mol. The number of anilines is 1. The smallest absolute Gasteiger partial charge is 0.330 e. The standard InChI is InChI=1S/C31H33N3O9S/c1-5-42-27(36)18-32-30(38)34(31(39)33-19-28(37)43-6-2)22-12-10-21(11-13-22)24(35)14-9-20-16-23(26-8-7-15-44-26)29(41-4)25(17-20)40-3/h7-17H,5-6,18-19H2,1-4H3,(H,32,38)(H,33,39)/b14-9+. The third kappa shape index (κ3) is 8.91. The lowest BCUT2D eigenvalue weighted by atomic mass is 10.0. The van der Waals surface area contributed by atoms with Crippen LogP contribution in [0.25, 0.3) is 16.5 Å². The van der Waals surface area contributed by atoms with Gasteiger partial charge in [-0.2, -0.15) is 0 Å². The van der Waals surface area contributed by atoms with E-state index in [1.54, 1.807) is 44.4 Å². The fourth-order valence-corrected chi connectivity index (χ4v) is 4.68. The van der Waals surface area contributed by atoms with Crippen LogP contribution in [0.3, 0.4) is 0 Å². The molecule has 3 rings (SSSR count). The maximum absolute atomic E-state index is 13.0. The Kier molecular flexibility index (Phi) is 12.5. The topological polar surface area (TPSA) is 150 Å². The lowest BCUT2D eigenvalue weighted by Gasteiger charge is -2.21. The number of nitrogens with zero attached hydrogens (tertiary/aromatic N) is 1. The molecule has 3 aromatic rings. The van der Waals surface area contributed by atoms with Gasteiger partial charge in [0, 0.05) is 16.0 Å². The van der Waals surface area contributed by atoms with E-state index in [1.165, 1.54) is 37.5 Å². The second kappa shape index (κ2) is 16.5. The van der Waals surface area contributed by atoms with Crippen molar-refractivity contribution in [1.29, 1.82) is 0 Å². The van der Waals surface area contributed by atoms with E-state index >= 15 is 0 Å². The number of hydrogen-bond donors (Lipinski definition) is 2. The number of amides is 4. The number of hydrogen-bond acceptors (Lipinski definition) is 10. The summed E-state index contributed by atoms with van der Waals surface area (Å²) in [4.78, 5) is 63.9. The van der Waals surface area contributed by atoms with Crippen LogP contribution in [0.2, 0.25) is 0 Å². The van der Waals surface area contributed by atoms with Crippen molar-refractivity contribution in [3.05, 3.63) is 71.1 Å². The number of imide groups is 1. The van der Waals surface area contributed by atoms with Crippen molar-refractivity contribution in [2.45, 2.75) is 13.8 Å². The molecule has 2 aromatic carbocycles. The highest BCUT2D eigenvalue weighted by atomic mass is 32.1. The second-order valence-electron chi connectivity index (χ2n) is 8.79. The van der Waals surface area contributed by atoms with Crippen LogP contribution >= 0.6 is 11.3 Å². The molecule has 2 N–H and O–H groups in total. The molecule has 0 unspecified atom stereocenters. The van der Waals surface area contributed by atoms with Gasteiger partial charge in [-0.3, -0.25) is 14.4 Å². The van der Waals surface area contributed by atoms with E-state index in [0.29, 0.717) is 22.0 Å². The number of methoxy groups -OCH3 is 2. The number of ketones is 1. The van der Waals surface area contributed by atoms with Gasteiger partial charge < -0.3 is 29.6 Å². The number of rotatable bonds is 13. The van der Waals surface area contributed by atoms with Crippen LogP contribution < -0.4 is 25.0 Å². The first-order chi connectivity index (χ1) is 21.2. The predicted octanol–water partition coefficient (Wildman–Crippen LogP) is 4.68. The lowest BCUT2D eigenvalue weighted by molar-refractivity contribution is -0.142. The Hall–Kier alpha value is -5.17. The Morgan fingerprint density at radius 3 is 1.95 bits per heavy atom. The maximum atomic E-state index is 13.0. The molecule has 0 aliphatic rings. The third-order valence-electron chi connectivity index (χ3n) is 5.91. The molecule has 0 aliphatic heterocycles. The molecule has 4 amide bonds. The van der Waals surface area contributed by atoms with Crippen LogP contribution in [-0.4, -0.2) is 70.3 Å². The highest BCUT2D eigenvalue weighted by molar-refractivity contribution is 7.13. The minimum absolute atomic E-state index is 0.0775. The average Bonchev–Trinajstić information content (AvgIpc) is 3.57. The summed E-state index contributed by atoms with van der Waals surface area (Å²) < 4.78 is 20.7. The van der Waals surface area contributed by atoms with E-state index in [2.05, 4.69) is 10.6 Å². The zero-order valence-corrected chi connectivity index (χ0v) is 25.5. The van der Waals surface area contributed by atoms with Gasteiger partial charge in [0.25, 0.3) is 0 Å². The molecule has 0 saturated heterocycles. The van der Waals surface area contributed by atoms with Gasteiger partial charge >= 0.3 is 24.0 Å². The van der Waals surface area contributed by atoms with Crippen molar-refractivity contribution in [3.8, 4) is 21.9 Å². The number of benzene rings is 2. The Labute approximate surface area is 258 Å². The van der Waals surface area contributed by atoms with Gasteiger partial charge in [-0.25, -0.2) is 14.5 Å². The summed E-state index contributed by atoms with van der Waals surface area (Å²) >= 11 is 1.54. The Morgan fingerprint density at radius 1 is 0.841 bits per heavy atom. The van der Waals surface area contributed by atoms with Gasteiger partial charge in [0.1, 0.15) is 13.1 Å². The number of allylic oxidation sites excluding steroid dienone is 1. The van der Waals surface area contributed by atoms with Crippen LogP contribution in [0, 0.1) is 0 Å². The fraction of sp³-hybridized carbons (Fsp3) is 0.258. The minimum Gasteiger partial charge on any atom is -0.493 e. The van der Waals surface area contributed by atoms with Crippen LogP contribution in [0.15, 0.2) is 60.0 Å². The van der Waals surface area contributed by atoms with Crippen LogP contribution in [0.4, 0.5) is 15.3 Å². The van der Waals surface area contributed by atoms with E-state index in [4.69, 9.17) is 18.9 Å². The molecule has 44 heavy (non-hydrogen) atoms.